The van der Waals surface area contributed by atoms with Crippen molar-refractivity contribution in [2.75, 3.05) is 6.54 Å². The molecule has 5 heteroatoms. The maximum atomic E-state index is 12.2. The summed E-state index contributed by atoms with van der Waals surface area (Å²) in [6.45, 7) is -0.0797. The van der Waals surface area contributed by atoms with Crippen LogP contribution in [0.15, 0.2) is 66.7 Å². The Kier molecular flexibility index (Phi) is 5.80. The molecule has 1 N–H and O–H groups in total. The highest BCUT2D eigenvalue weighted by Gasteiger charge is 2.10. The first-order valence-electron chi connectivity index (χ1n) is 8.54. The van der Waals surface area contributed by atoms with Gasteiger partial charge in [-0.05, 0) is 34.0 Å². The highest BCUT2D eigenvalue weighted by molar-refractivity contribution is 5.91. The van der Waals surface area contributed by atoms with Crippen molar-refractivity contribution in [1.82, 2.24) is 5.32 Å². The van der Waals surface area contributed by atoms with E-state index in [4.69, 9.17) is 10.00 Å². The van der Waals surface area contributed by atoms with Gasteiger partial charge in [-0.3, -0.25) is 9.59 Å². The minimum absolute atomic E-state index is 0.101. The molecule has 27 heavy (non-hydrogen) atoms. The number of amides is 1. The molecule has 0 atom stereocenters. The molecular formula is C22H18N2O3. The van der Waals surface area contributed by atoms with Crippen molar-refractivity contribution in [2.24, 2.45) is 0 Å². The zero-order chi connectivity index (χ0) is 19.1. The van der Waals surface area contributed by atoms with Crippen molar-refractivity contribution in [2.45, 2.75) is 13.0 Å². The number of hydrogen-bond donors (Lipinski definition) is 1. The Bertz CT molecular complexity index is 999. The lowest BCUT2D eigenvalue weighted by atomic mass is 10.0. The summed E-state index contributed by atoms with van der Waals surface area (Å²) in [7, 11) is 0. The van der Waals surface area contributed by atoms with Gasteiger partial charge in [0, 0.05) is 0 Å². The number of benzene rings is 3. The lowest BCUT2D eigenvalue weighted by Crippen LogP contribution is -2.31. The summed E-state index contributed by atoms with van der Waals surface area (Å²) in [5.41, 5.74) is 2.24. The number of carbonyl (C=O) groups is 2. The third-order valence-corrected chi connectivity index (χ3v) is 4.14. The molecule has 0 spiro atoms. The third kappa shape index (κ3) is 4.93. The van der Waals surface area contributed by atoms with E-state index >= 15 is 0 Å². The van der Waals surface area contributed by atoms with Crippen molar-refractivity contribution in [1.29, 1.82) is 5.26 Å². The Labute approximate surface area is 157 Å². The SMILES string of the molecule is N#Cc1ccc(COC(=O)CNC(=O)Cc2cccc3ccccc23)cc1. The zero-order valence-electron chi connectivity index (χ0n) is 14.6. The Morgan fingerprint density at radius 2 is 1.70 bits per heavy atom. The topological polar surface area (TPSA) is 79.2 Å². The van der Waals surface area contributed by atoms with Crippen LogP contribution in [-0.4, -0.2) is 18.4 Å². The molecule has 1 amide bonds. The van der Waals surface area contributed by atoms with Crippen LogP contribution in [0.1, 0.15) is 16.7 Å². The summed E-state index contributed by atoms with van der Waals surface area (Å²) in [6, 6.07) is 22.5. The first-order valence-corrected chi connectivity index (χ1v) is 8.54. The first kappa shape index (κ1) is 18.2. The van der Waals surface area contributed by atoms with E-state index < -0.39 is 5.97 Å². The van der Waals surface area contributed by atoms with E-state index in [0.717, 1.165) is 21.9 Å². The molecule has 0 aromatic heterocycles. The van der Waals surface area contributed by atoms with Gasteiger partial charge < -0.3 is 10.1 Å². The van der Waals surface area contributed by atoms with Crippen molar-refractivity contribution in [3.63, 3.8) is 0 Å². The molecule has 0 fully saturated rings. The van der Waals surface area contributed by atoms with Gasteiger partial charge in [0.2, 0.25) is 5.91 Å². The van der Waals surface area contributed by atoms with Crippen LogP contribution in [0.4, 0.5) is 0 Å². The van der Waals surface area contributed by atoms with Crippen LogP contribution in [0.2, 0.25) is 0 Å². The molecule has 3 aromatic rings. The highest BCUT2D eigenvalue weighted by Crippen LogP contribution is 2.18. The van der Waals surface area contributed by atoms with Gasteiger partial charge >= 0.3 is 5.97 Å². The van der Waals surface area contributed by atoms with Gasteiger partial charge in [0.25, 0.3) is 0 Å². The Morgan fingerprint density at radius 3 is 2.48 bits per heavy atom. The number of fused-ring (bicyclic) bond motifs is 1. The van der Waals surface area contributed by atoms with Crippen LogP contribution in [-0.2, 0) is 27.4 Å². The molecule has 0 aliphatic carbocycles. The summed E-state index contributed by atoms with van der Waals surface area (Å²) in [5.74, 6) is -0.743. The molecule has 0 saturated carbocycles. The van der Waals surface area contributed by atoms with Crippen LogP contribution in [0, 0.1) is 11.3 Å². The van der Waals surface area contributed by atoms with E-state index in [2.05, 4.69) is 5.32 Å². The van der Waals surface area contributed by atoms with E-state index in [0.29, 0.717) is 5.56 Å². The minimum Gasteiger partial charge on any atom is -0.460 e. The second kappa shape index (κ2) is 8.63. The van der Waals surface area contributed by atoms with Crippen LogP contribution < -0.4 is 5.32 Å². The average molecular weight is 358 g/mol. The first-order chi connectivity index (χ1) is 13.2. The monoisotopic (exact) mass is 358 g/mol. The summed E-state index contributed by atoms with van der Waals surface area (Å²) >= 11 is 0. The number of ether oxygens (including phenoxy) is 1. The minimum atomic E-state index is -0.509. The predicted octanol–water partition coefficient (Wildman–Crippen LogP) is 3.11. The lowest BCUT2D eigenvalue weighted by molar-refractivity contribution is -0.145. The summed E-state index contributed by atoms with van der Waals surface area (Å²) in [6.07, 6.45) is 0.199. The molecule has 134 valence electrons. The Balaban J connectivity index is 1.48. The molecule has 0 aliphatic rings. The van der Waals surface area contributed by atoms with Crippen LogP contribution in [0.25, 0.3) is 10.8 Å². The smallest absolute Gasteiger partial charge is 0.325 e. The second-order valence-corrected chi connectivity index (χ2v) is 6.06. The third-order valence-electron chi connectivity index (χ3n) is 4.14. The van der Waals surface area contributed by atoms with Gasteiger partial charge in [0.1, 0.15) is 13.2 Å². The highest BCUT2D eigenvalue weighted by atomic mass is 16.5. The van der Waals surface area contributed by atoms with Crippen LogP contribution in [0.3, 0.4) is 0 Å². The number of rotatable bonds is 6. The van der Waals surface area contributed by atoms with Crippen molar-refractivity contribution in [3.05, 3.63) is 83.4 Å². The van der Waals surface area contributed by atoms with Gasteiger partial charge in [-0.2, -0.15) is 5.26 Å². The van der Waals surface area contributed by atoms with E-state index in [-0.39, 0.29) is 25.5 Å². The number of nitrogens with one attached hydrogen (secondary N) is 1. The van der Waals surface area contributed by atoms with Gasteiger partial charge in [-0.15, -0.1) is 0 Å². The summed E-state index contributed by atoms with van der Waals surface area (Å²) in [4.78, 5) is 24.0. The molecule has 3 aromatic carbocycles. The fourth-order valence-corrected chi connectivity index (χ4v) is 2.74. The van der Waals surface area contributed by atoms with Gasteiger partial charge in [0.15, 0.2) is 0 Å². The average Bonchev–Trinajstić information content (AvgIpc) is 2.71. The number of hydrogen-bond acceptors (Lipinski definition) is 4. The van der Waals surface area contributed by atoms with E-state index in [1.165, 1.54) is 0 Å². The largest absolute Gasteiger partial charge is 0.460 e. The van der Waals surface area contributed by atoms with E-state index in [9.17, 15) is 9.59 Å². The summed E-state index contributed by atoms with van der Waals surface area (Å²) in [5, 5.41) is 13.5. The second-order valence-electron chi connectivity index (χ2n) is 6.06. The van der Waals surface area contributed by atoms with E-state index in [1.54, 1.807) is 24.3 Å². The molecule has 0 heterocycles. The van der Waals surface area contributed by atoms with Crippen molar-refractivity contribution in [3.8, 4) is 6.07 Å². The Hall–Kier alpha value is -3.65. The maximum absolute atomic E-state index is 12.2. The normalized spacial score (nSPS) is 10.2. The Morgan fingerprint density at radius 1 is 0.963 bits per heavy atom. The molecule has 0 aliphatic heterocycles. The standard InChI is InChI=1S/C22H18N2O3/c23-13-16-8-10-17(11-9-16)15-27-22(26)14-24-21(25)12-19-6-3-5-18-4-1-2-7-20(18)19/h1-11H,12,14-15H2,(H,24,25). The van der Waals surface area contributed by atoms with Gasteiger partial charge in [0.05, 0.1) is 18.1 Å². The van der Waals surface area contributed by atoms with Crippen molar-refractivity contribution < 1.29 is 14.3 Å². The quantitative estimate of drug-likeness (QED) is 0.687. The molecule has 0 bridgehead atoms. The fraction of sp³-hybridized carbons (Fsp3) is 0.136. The van der Waals surface area contributed by atoms with Crippen LogP contribution in [0.5, 0.6) is 0 Å². The number of esters is 1. The molecular weight excluding hydrogens is 340 g/mol. The van der Waals surface area contributed by atoms with E-state index in [1.807, 2.05) is 48.5 Å². The summed E-state index contributed by atoms with van der Waals surface area (Å²) < 4.78 is 5.14. The van der Waals surface area contributed by atoms with Gasteiger partial charge in [-0.25, -0.2) is 0 Å². The molecule has 0 radical (unpaired) electrons. The maximum Gasteiger partial charge on any atom is 0.325 e. The molecule has 5 nitrogen and oxygen atoms in total. The number of nitrogens with zero attached hydrogens (tertiary/aromatic N) is 1. The predicted molar refractivity (Wildman–Crippen MR) is 102 cm³/mol. The van der Waals surface area contributed by atoms with Crippen molar-refractivity contribution >= 4 is 22.6 Å². The fourth-order valence-electron chi connectivity index (χ4n) is 2.74. The zero-order valence-corrected chi connectivity index (χ0v) is 14.6. The van der Waals surface area contributed by atoms with Crippen LogP contribution >= 0.6 is 0 Å². The number of carbonyl (C=O) groups excluding carboxylic acids is 2. The number of nitriles is 1. The lowest BCUT2D eigenvalue weighted by Gasteiger charge is -2.08. The molecule has 3 rings (SSSR count). The molecule has 0 saturated heterocycles. The van der Waals surface area contributed by atoms with Gasteiger partial charge in [-0.1, -0.05) is 54.6 Å². The molecule has 0 unspecified atom stereocenters.